The van der Waals surface area contributed by atoms with E-state index in [0.717, 1.165) is 0 Å². The highest BCUT2D eigenvalue weighted by Gasteiger charge is 2.36. The minimum atomic E-state index is -0.264. The van der Waals surface area contributed by atoms with Gasteiger partial charge in [0.2, 0.25) is 5.91 Å². The fraction of sp³-hybridized carbons (Fsp3) is 0.917. The summed E-state index contributed by atoms with van der Waals surface area (Å²) in [5.41, 5.74) is 5.47. The van der Waals surface area contributed by atoms with Gasteiger partial charge >= 0.3 is 0 Å². The van der Waals surface area contributed by atoms with Crippen molar-refractivity contribution in [1.82, 2.24) is 5.32 Å². The van der Waals surface area contributed by atoms with Gasteiger partial charge in [-0.1, -0.05) is 20.8 Å². The quantitative estimate of drug-likeness (QED) is 0.781. The van der Waals surface area contributed by atoms with E-state index in [4.69, 9.17) is 5.73 Å². The largest absolute Gasteiger partial charge is 0.349 e. The number of nitrogens with two attached hydrogens (primary N) is 1. The van der Waals surface area contributed by atoms with Gasteiger partial charge < -0.3 is 11.1 Å². The molecule has 0 spiro atoms. The van der Waals surface area contributed by atoms with Crippen LogP contribution in [0.15, 0.2) is 0 Å². The van der Waals surface area contributed by atoms with Crippen LogP contribution in [-0.2, 0) is 4.79 Å². The Kier molecular flexibility index (Phi) is 5.77. The average molecular weight is 249 g/mol. The number of halogens is 1. The predicted octanol–water partition coefficient (Wildman–Crippen LogP) is 1.94. The Morgan fingerprint density at radius 3 is 2.25 bits per heavy atom. The zero-order chi connectivity index (χ0) is 11.6. The molecule has 3 N–H and O–H groups in total. The average Bonchev–Trinajstić information content (AvgIpc) is 2.99. The zero-order valence-corrected chi connectivity index (χ0v) is 11.6. The van der Waals surface area contributed by atoms with Gasteiger partial charge in [-0.25, -0.2) is 0 Å². The van der Waals surface area contributed by atoms with Gasteiger partial charge in [-0.3, -0.25) is 4.79 Å². The lowest BCUT2D eigenvalue weighted by Gasteiger charge is -2.34. The van der Waals surface area contributed by atoms with Gasteiger partial charge in [-0.15, -0.1) is 12.4 Å². The topological polar surface area (TPSA) is 55.1 Å². The van der Waals surface area contributed by atoms with Crippen LogP contribution in [0.1, 0.15) is 40.5 Å². The van der Waals surface area contributed by atoms with Crippen molar-refractivity contribution in [2.75, 3.05) is 6.54 Å². The molecular formula is C12H25ClN2O. The first-order valence-corrected chi connectivity index (χ1v) is 5.93. The monoisotopic (exact) mass is 248 g/mol. The highest BCUT2D eigenvalue weighted by atomic mass is 35.5. The van der Waals surface area contributed by atoms with Gasteiger partial charge in [0.05, 0.1) is 5.54 Å². The molecule has 1 fully saturated rings. The number of hydrogen-bond donors (Lipinski definition) is 2. The molecule has 1 amide bonds. The van der Waals surface area contributed by atoms with Crippen molar-refractivity contribution in [1.29, 1.82) is 0 Å². The van der Waals surface area contributed by atoms with Crippen LogP contribution in [-0.4, -0.2) is 18.0 Å². The Bertz CT molecular complexity index is 241. The lowest BCUT2D eigenvalue weighted by Crippen LogP contribution is -2.56. The molecular weight excluding hydrogens is 224 g/mol. The summed E-state index contributed by atoms with van der Waals surface area (Å²) in [4.78, 5) is 11.9. The van der Waals surface area contributed by atoms with E-state index >= 15 is 0 Å². The van der Waals surface area contributed by atoms with Crippen LogP contribution < -0.4 is 11.1 Å². The first kappa shape index (κ1) is 15.7. The smallest absolute Gasteiger partial charge is 0.223 e. The normalized spacial score (nSPS) is 20.9. The molecule has 0 saturated heterocycles. The number of carbonyl (C=O) groups excluding carboxylic acids is 1. The number of carbonyl (C=O) groups is 1. The van der Waals surface area contributed by atoms with Crippen LogP contribution >= 0.6 is 12.4 Å². The fourth-order valence-electron chi connectivity index (χ4n) is 1.64. The van der Waals surface area contributed by atoms with Crippen LogP contribution in [0.3, 0.4) is 0 Å². The van der Waals surface area contributed by atoms with E-state index in [2.05, 4.69) is 19.2 Å². The summed E-state index contributed by atoms with van der Waals surface area (Å²) in [6.07, 6.45) is 2.41. The Morgan fingerprint density at radius 2 is 1.94 bits per heavy atom. The van der Waals surface area contributed by atoms with Gasteiger partial charge in [0.25, 0.3) is 0 Å². The molecule has 96 valence electrons. The summed E-state index contributed by atoms with van der Waals surface area (Å²) in [6, 6.07) is 0. The van der Waals surface area contributed by atoms with Crippen molar-refractivity contribution < 1.29 is 4.79 Å². The molecule has 0 heterocycles. The Morgan fingerprint density at radius 1 is 1.44 bits per heavy atom. The fourth-order valence-corrected chi connectivity index (χ4v) is 1.64. The van der Waals surface area contributed by atoms with Gasteiger partial charge in [-0.05, 0) is 31.6 Å². The molecule has 2 unspecified atom stereocenters. The van der Waals surface area contributed by atoms with Gasteiger partial charge in [0, 0.05) is 12.5 Å². The van der Waals surface area contributed by atoms with Crippen LogP contribution in [0, 0.1) is 17.8 Å². The van der Waals surface area contributed by atoms with Crippen LogP contribution in [0.5, 0.6) is 0 Å². The van der Waals surface area contributed by atoms with E-state index in [1.165, 1.54) is 12.8 Å². The highest BCUT2D eigenvalue weighted by Crippen LogP contribution is 2.36. The number of nitrogens with one attached hydrogen (secondary N) is 1. The minimum absolute atomic E-state index is 0. The molecule has 0 aromatic carbocycles. The van der Waals surface area contributed by atoms with E-state index in [0.29, 0.717) is 18.4 Å². The van der Waals surface area contributed by atoms with E-state index in [1.807, 2.05) is 13.8 Å². The first-order valence-electron chi connectivity index (χ1n) is 5.93. The van der Waals surface area contributed by atoms with Crippen molar-refractivity contribution in [3.8, 4) is 0 Å². The molecule has 3 nitrogen and oxygen atoms in total. The molecule has 0 radical (unpaired) electrons. The van der Waals surface area contributed by atoms with E-state index < -0.39 is 0 Å². The summed E-state index contributed by atoms with van der Waals surface area (Å²) < 4.78 is 0. The van der Waals surface area contributed by atoms with E-state index in [9.17, 15) is 4.79 Å². The molecule has 16 heavy (non-hydrogen) atoms. The Labute approximate surface area is 105 Å². The van der Waals surface area contributed by atoms with E-state index in [-0.39, 0.29) is 29.8 Å². The van der Waals surface area contributed by atoms with Crippen molar-refractivity contribution in [2.45, 2.75) is 46.1 Å². The second kappa shape index (κ2) is 5.87. The minimum Gasteiger partial charge on any atom is -0.349 e. The van der Waals surface area contributed by atoms with Crippen molar-refractivity contribution in [3.05, 3.63) is 0 Å². The summed E-state index contributed by atoms with van der Waals surface area (Å²) in [6.45, 7) is 8.72. The Hall–Kier alpha value is -0.280. The molecule has 0 aliphatic heterocycles. The maximum atomic E-state index is 11.9. The Balaban J connectivity index is 0.00000225. The molecule has 4 heteroatoms. The van der Waals surface area contributed by atoms with Crippen LogP contribution in [0.2, 0.25) is 0 Å². The third-order valence-corrected chi connectivity index (χ3v) is 3.85. The van der Waals surface area contributed by atoms with Crippen LogP contribution in [0.4, 0.5) is 0 Å². The molecule has 1 aliphatic rings. The van der Waals surface area contributed by atoms with Crippen molar-refractivity contribution in [3.63, 3.8) is 0 Å². The number of rotatable bonds is 5. The second-order valence-corrected chi connectivity index (χ2v) is 5.39. The second-order valence-electron chi connectivity index (χ2n) is 5.39. The number of amides is 1. The summed E-state index contributed by atoms with van der Waals surface area (Å²) in [5.74, 6) is 1.28. The zero-order valence-electron chi connectivity index (χ0n) is 10.7. The summed E-state index contributed by atoms with van der Waals surface area (Å²) >= 11 is 0. The van der Waals surface area contributed by atoms with Gasteiger partial charge in [0.15, 0.2) is 0 Å². The molecule has 2 atom stereocenters. The molecule has 1 saturated carbocycles. The van der Waals surface area contributed by atoms with Gasteiger partial charge in [0.1, 0.15) is 0 Å². The third kappa shape index (κ3) is 3.63. The molecule has 0 aromatic rings. The van der Waals surface area contributed by atoms with Gasteiger partial charge in [-0.2, -0.15) is 0 Å². The highest BCUT2D eigenvalue weighted by molar-refractivity contribution is 5.85. The maximum Gasteiger partial charge on any atom is 0.223 e. The number of hydrogen-bond acceptors (Lipinski definition) is 2. The molecule has 0 bridgehead atoms. The lowest BCUT2D eigenvalue weighted by atomic mass is 9.87. The van der Waals surface area contributed by atoms with E-state index in [1.54, 1.807) is 0 Å². The summed E-state index contributed by atoms with van der Waals surface area (Å²) in [5, 5.41) is 3.10. The molecule has 1 rings (SSSR count). The predicted molar refractivity (Wildman–Crippen MR) is 69.6 cm³/mol. The first-order chi connectivity index (χ1) is 6.90. The summed E-state index contributed by atoms with van der Waals surface area (Å²) in [7, 11) is 0. The standard InChI is InChI=1S/C12H24N2O.ClH/c1-8(2)12(4,7-13)14-11(15)9(3)10-5-6-10;/h8-10H,5-7,13H2,1-4H3,(H,14,15);1H. The SMILES string of the molecule is CC(C(=O)NC(C)(CN)C(C)C)C1CC1.Cl. The van der Waals surface area contributed by atoms with Crippen molar-refractivity contribution in [2.24, 2.45) is 23.5 Å². The third-order valence-electron chi connectivity index (χ3n) is 3.85. The maximum absolute atomic E-state index is 11.9. The van der Waals surface area contributed by atoms with Crippen molar-refractivity contribution >= 4 is 18.3 Å². The lowest BCUT2D eigenvalue weighted by molar-refractivity contribution is -0.127. The molecule has 1 aliphatic carbocycles. The van der Waals surface area contributed by atoms with Crippen LogP contribution in [0.25, 0.3) is 0 Å². The molecule has 0 aromatic heterocycles.